The number of hydrogen-bond donors (Lipinski definition) is 4. The first-order valence-electron chi connectivity index (χ1n) is 6.13. The highest BCUT2D eigenvalue weighted by Crippen LogP contribution is 2.31. The molecule has 2 heterocycles. The van der Waals surface area contributed by atoms with Crippen molar-refractivity contribution in [3.8, 4) is 0 Å². The third-order valence-corrected chi connectivity index (χ3v) is 3.09. The summed E-state index contributed by atoms with van der Waals surface area (Å²) in [5.74, 6) is -0.728. The van der Waals surface area contributed by atoms with Crippen LogP contribution in [0.1, 0.15) is 23.6 Å². The number of carbonyl (C=O) groups is 1. The van der Waals surface area contributed by atoms with Gasteiger partial charge in [-0.2, -0.15) is 0 Å². The van der Waals surface area contributed by atoms with Gasteiger partial charge in [-0.25, -0.2) is 9.78 Å². The van der Waals surface area contributed by atoms with E-state index < -0.39 is 37.1 Å². The van der Waals surface area contributed by atoms with Crippen molar-refractivity contribution in [2.45, 2.75) is 31.5 Å². The zero-order valence-electron chi connectivity index (χ0n) is 10.8. The topological polar surface area (TPSA) is 140 Å². The van der Waals surface area contributed by atoms with Crippen LogP contribution in [0.4, 0.5) is 5.82 Å². The van der Waals surface area contributed by atoms with Crippen molar-refractivity contribution in [3.05, 3.63) is 12.0 Å². The summed E-state index contributed by atoms with van der Waals surface area (Å²) in [5.41, 5.74) is 5.68. The van der Waals surface area contributed by atoms with E-state index in [1.807, 2.05) is 0 Å². The lowest BCUT2D eigenvalue weighted by Crippen LogP contribution is -2.33. The highest BCUT2D eigenvalue weighted by atomic mass is 16.6. The molecule has 20 heavy (non-hydrogen) atoms. The maximum atomic E-state index is 11.6. The van der Waals surface area contributed by atoms with Crippen LogP contribution in [-0.2, 0) is 9.47 Å². The van der Waals surface area contributed by atoms with Gasteiger partial charge in [0.05, 0.1) is 19.5 Å². The van der Waals surface area contributed by atoms with Gasteiger partial charge in [-0.1, -0.05) is 0 Å². The molecule has 2 rings (SSSR count). The summed E-state index contributed by atoms with van der Waals surface area (Å²) in [6, 6.07) is 0. The normalized spacial score (nSPS) is 29.6. The van der Waals surface area contributed by atoms with Crippen LogP contribution in [-0.4, -0.2) is 62.4 Å². The minimum Gasteiger partial charge on any atom is -0.461 e. The van der Waals surface area contributed by atoms with Crippen LogP contribution in [0, 0.1) is 0 Å². The van der Waals surface area contributed by atoms with Crippen molar-refractivity contribution in [2.24, 2.45) is 0 Å². The number of ether oxygens (including phenoxy) is 2. The molecule has 4 atom stereocenters. The molecule has 0 saturated carbocycles. The van der Waals surface area contributed by atoms with Crippen molar-refractivity contribution in [3.63, 3.8) is 0 Å². The Labute approximate surface area is 114 Å². The number of aliphatic hydroxyl groups is 3. The van der Waals surface area contributed by atoms with Gasteiger partial charge in [0.15, 0.2) is 11.9 Å². The summed E-state index contributed by atoms with van der Waals surface area (Å²) in [4.78, 5) is 15.4. The second-order valence-corrected chi connectivity index (χ2v) is 4.34. The smallest absolute Gasteiger partial charge is 0.360 e. The number of imidazole rings is 1. The summed E-state index contributed by atoms with van der Waals surface area (Å²) in [5, 5.41) is 28.6. The first-order valence-corrected chi connectivity index (χ1v) is 6.13. The van der Waals surface area contributed by atoms with E-state index in [1.54, 1.807) is 6.92 Å². The number of nitrogens with zero attached hydrogens (tertiary/aromatic N) is 2. The van der Waals surface area contributed by atoms with Gasteiger partial charge in [-0.05, 0) is 6.92 Å². The molecule has 0 radical (unpaired) electrons. The van der Waals surface area contributed by atoms with Gasteiger partial charge in [0, 0.05) is 0 Å². The second-order valence-electron chi connectivity index (χ2n) is 4.34. The average Bonchev–Trinajstić information content (AvgIpc) is 2.93. The molecule has 9 heteroatoms. The van der Waals surface area contributed by atoms with Crippen molar-refractivity contribution >= 4 is 11.8 Å². The number of rotatable bonds is 4. The zero-order valence-corrected chi connectivity index (χ0v) is 10.8. The molecule has 1 fully saturated rings. The fourth-order valence-electron chi connectivity index (χ4n) is 2.04. The van der Waals surface area contributed by atoms with Crippen LogP contribution in [0.25, 0.3) is 0 Å². The lowest BCUT2D eigenvalue weighted by molar-refractivity contribution is -0.0518. The van der Waals surface area contributed by atoms with Crippen LogP contribution in [0.3, 0.4) is 0 Å². The van der Waals surface area contributed by atoms with E-state index in [-0.39, 0.29) is 18.1 Å². The number of aliphatic hydroxyl groups excluding tert-OH is 3. The van der Waals surface area contributed by atoms with Gasteiger partial charge in [-0.15, -0.1) is 0 Å². The predicted octanol–water partition coefficient (Wildman–Crippen LogP) is -1.75. The Balaban J connectivity index is 2.24. The lowest BCUT2D eigenvalue weighted by Gasteiger charge is -2.17. The number of nitrogen functional groups attached to an aromatic ring is 1. The fraction of sp³-hybridized carbons (Fsp3) is 0.636. The fourth-order valence-corrected chi connectivity index (χ4v) is 2.04. The Morgan fingerprint density at radius 1 is 1.55 bits per heavy atom. The van der Waals surface area contributed by atoms with E-state index in [4.69, 9.17) is 20.3 Å². The summed E-state index contributed by atoms with van der Waals surface area (Å²) in [7, 11) is 0. The number of anilines is 1. The molecule has 0 bridgehead atoms. The van der Waals surface area contributed by atoms with Crippen molar-refractivity contribution in [1.29, 1.82) is 0 Å². The van der Waals surface area contributed by atoms with Gasteiger partial charge >= 0.3 is 5.97 Å². The van der Waals surface area contributed by atoms with E-state index in [2.05, 4.69) is 4.98 Å². The molecule has 0 aliphatic carbocycles. The molecule has 9 nitrogen and oxygen atoms in total. The summed E-state index contributed by atoms with van der Waals surface area (Å²) >= 11 is 0. The number of hydrogen-bond acceptors (Lipinski definition) is 8. The molecule has 1 aromatic heterocycles. The molecule has 1 aliphatic rings. The van der Waals surface area contributed by atoms with Crippen LogP contribution >= 0.6 is 0 Å². The van der Waals surface area contributed by atoms with Crippen LogP contribution in [0.2, 0.25) is 0 Å². The zero-order chi connectivity index (χ0) is 14.9. The monoisotopic (exact) mass is 287 g/mol. The Bertz CT molecular complexity index is 491. The summed E-state index contributed by atoms with van der Waals surface area (Å²) in [6.07, 6.45) is -3.29. The molecule has 5 N–H and O–H groups in total. The van der Waals surface area contributed by atoms with Crippen molar-refractivity contribution < 1.29 is 29.6 Å². The van der Waals surface area contributed by atoms with Crippen molar-refractivity contribution in [1.82, 2.24) is 9.55 Å². The minimum absolute atomic E-state index is 0.0433. The van der Waals surface area contributed by atoms with Gasteiger partial charge in [0.25, 0.3) is 0 Å². The maximum absolute atomic E-state index is 11.6. The molecule has 0 unspecified atom stereocenters. The highest BCUT2D eigenvalue weighted by molar-refractivity contribution is 5.92. The second kappa shape index (κ2) is 5.75. The molecular formula is C11H17N3O6. The van der Waals surface area contributed by atoms with E-state index in [1.165, 1.54) is 10.9 Å². The van der Waals surface area contributed by atoms with E-state index in [0.29, 0.717) is 0 Å². The van der Waals surface area contributed by atoms with Gasteiger partial charge in [0.2, 0.25) is 0 Å². The molecule has 0 amide bonds. The number of esters is 1. The van der Waals surface area contributed by atoms with E-state index >= 15 is 0 Å². The van der Waals surface area contributed by atoms with Crippen LogP contribution in [0.5, 0.6) is 0 Å². The van der Waals surface area contributed by atoms with Gasteiger partial charge in [-0.3, -0.25) is 4.57 Å². The summed E-state index contributed by atoms with van der Waals surface area (Å²) in [6.45, 7) is 1.38. The molecule has 112 valence electrons. The average molecular weight is 287 g/mol. The largest absolute Gasteiger partial charge is 0.461 e. The quantitative estimate of drug-likeness (QED) is 0.478. The third-order valence-electron chi connectivity index (χ3n) is 3.09. The first-order chi connectivity index (χ1) is 9.51. The lowest BCUT2D eigenvalue weighted by atomic mass is 10.1. The van der Waals surface area contributed by atoms with Gasteiger partial charge < -0.3 is 30.5 Å². The Kier molecular flexibility index (Phi) is 4.23. The number of carbonyl (C=O) groups excluding carboxylic acids is 1. The van der Waals surface area contributed by atoms with Crippen molar-refractivity contribution in [2.75, 3.05) is 18.9 Å². The van der Waals surface area contributed by atoms with Crippen LogP contribution in [0.15, 0.2) is 6.33 Å². The Morgan fingerprint density at radius 2 is 2.25 bits per heavy atom. The van der Waals surface area contributed by atoms with E-state index in [9.17, 15) is 15.0 Å². The third kappa shape index (κ3) is 2.36. The van der Waals surface area contributed by atoms with E-state index in [0.717, 1.165) is 0 Å². The predicted molar refractivity (Wildman–Crippen MR) is 65.6 cm³/mol. The van der Waals surface area contributed by atoms with Gasteiger partial charge in [0.1, 0.15) is 24.1 Å². The molecule has 1 saturated heterocycles. The standard InChI is InChI=1S/C11H17N3O6/c1-2-19-11(18)6-9(12)14(4-13-6)10-8(17)7(16)5(3-15)20-10/h4-5,7-8,10,15-17H,2-3,12H2,1H3/t5-,7+,8-,10+/m0/s1. The summed E-state index contributed by atoms with van der Waals surface area (Å²) < 4.78 is 11.3. The van der Waals surface area contributed by atoms with Crippen LogP contribution < -0.4 is 5.73 Å². The minimum atomic E-state index is -1.29. The molecule has 0 aromatic carbocycles. The number of aromatic nitrogens is 2. The highest BCUT2D eigenvalue weighted by Gasteiger charge is 2.44. The molecule has 1 aromatic rings. The molecule has 0 spiro atoms. The Hall–Kier alpha value is -1.68. The molecule has 1 aliphatic heterocycles. The first kappa shape index (κ1) is 14.7. The SMILES string of the molecule is CCOC(=O)c1ncn([C@@H]2O[C@@H](CO)[C@@H](O)[C@@H]2O)c1N. The Morgan fingerprint density at radius 3 is 2.80 bits per heavy atom. The number of nitrogens with two attached hydrogens (primary N) is 1. The maximum Gasteiger partial charge on any atom is 0.360 e. The molecular weight excluding hydrogens is 270 g/mol.